The van der Waals surface area contributed by atoms with Crippen molar-refractivity contribution in [1.29, 1.82) is 0 Å². The van der Waals surface area contributed by atoms with Crippen LogP contribution in [0.5, 0.6) is 0 Å². The minimum absolute atomic E-state index is 0.0820. The maximum Gasteiger partial charge on any atom is 0.344 e. The van der Waals surface area contributed by atoms with Crippen LogP contribution in [-0.4, -0.2) is 34.9 Å². The van der Waals surface area contributed by atoms with Crippen LogP contribution in [-0.2, 0) is 9.59 Å². The molecule has 1 saturated carbocycles. The Balaban J connectivity index is 1.59. The van der Waals surface area contributed by atoms with E-state index in [1.165, 1.54) is 12.1 Å². The lowest BCUT2D eigenvalue weighted by atomic mass is 9.77. The topological polar surface area (TPSA) is 90.5 Å². The van der Waals surface area contributed by atoms with Crippen LogP contribution in [0.1, 0.15) is 58.1 Å². The molecule has 1 aromatic carbocycles. The summed E-state index contributed by atoms with van der Waals surface area (Å²) in [7, 11) is 0. The number of amides is 4. The van der Waals surface area contributed by atoms with Crippen LogP contribution >= 0.6 is 0 Å². The number of benzene rings is 1. The van der Waals surface area contributed by atoms with Gasteiger partial charge in [-0.15, -0.1) is 0 Å². The first-order valence-corrected chi connectivity index (χ1v) is 10.2. The largest absolute Gasteiger partial charge is 0.344 e. The molecule has 7 nitrogen and oxygen atoms in total. The fourth-order valence-electron chi connectivity index (χ4n) is 4.09. The molecule has 1 unspecified atom stereocenters. The maximum atomic E-state index is 13.2. The van der Waals surface area contributed by atoms with Gasteiger partial charge in [-0.3, -0.25) is 15.0 Å². The molecule has 1 atom stereocenters. The van der Waals surface area contributed by atoms with Crippen molar-refractivity contribution < 1.29 is 18.8 Å². The average Bonchev–Trinajstić information content (AvgIpc) is 2.90. The molecule has 29 heavy (non-hydrogen) atoms. The highest BCUT2D eigenvalue weighted by Crippen LogP contribution is 2.35. The molecule has 0 aromatic heterocycles. The summed E-state index contributed by atoms with van der Waals surface area (Å²) in [5, 5.41) is 6.71. The Morgan fingerprint density at radius 3 is 2.45 bits per heavy atom. The van der Waals surface area contributed by atoms with Gasteiger partial charge in [-0.1, -0.05) is 32.9 Å². The first-order chi connectivity index (χ1) is 13.7. The lowest BCUT2D eigenvalue weighted by molar-refractivity contribution is -0.139. The zero-order chi connectivity index (χ0) is 21.2. The number of carbonyl (C=O) groups excluding carboxylic acids is 3. The van der Waals surface area contributed by atoms with E-state index in [1.807, 2.05) is 13.8 Å². The summed E-state index contributed by atoms with van der Waals surface area (Å²) in [6.45, 7) is 6.03. The molecule has 0 radical (unpaired) electrons. The van der Waals surface area contributed by atoms with E-state index < -0.39 is 17.5 Å². The third-order valence-electron chi connectivity index (χ3n) is 5.90. The van der Waals surface area contributed by atoms with Crippen molar-refractivity contribution in [2.24, 2.45) is 11.8 Å². The molecule has 1 heterocycles. The number of hydrogen-bond acceptors (Lipinski definition) is 4. The molecule has 158 valence electrons. The average molecular weight is 404 g/mol. The van der Waals surface area contributed by atoms with Crippen LogP contribution in [0.3, 0.4) is 0 Å². The molecule has 1 aliphatic heterocycles. The predicted octanol–water partition coefficient (Wildman–Crippen LogP) is 2.64. The third kappa shape index (κ3) is 4.58. The second-order valence-corrected chi connectivity index (χ2v) is 8.52. The normalized spacial score (nSPS) is 25.4. The summed E-state index contributed by atoms with van der Waals surface area (Å²) in [4.78, 5) is 37.5. The number of nitrogens with one attached hydrogen (secondary N) is 3. The molecule has 2 fully saturated rings. The lowest BCUT2D eigenvalue weighted by Gasteiger charge is -2.33. The quantitative estimate of drug-likeness (QED) is 0.636. The van der Waals surface area contributed by atoms with E-state index in [2.05, 4.69) is 23.0 Å². The van der Waals surface area contributed by atoms with Crippen LogP contribution in [0, 0.1) is 17.7 Å². The van der Waals surface area contributed by atoms with Gasteiger partial charge in [-0.05, 0) is 55.2 Å². The fraction of sp³-hybridized carbons (Fsp3) is 0.571. The van der Waals surface area contributed by atoms with Gasteiger partial charge in [0, 0.05) is 6.04 Å². The number of halogens is 1. The second kappa shape index (κ2) is 8.49. The van der Waals surface area contributed by atoms with Gasteiger partial charge in [-0.25, -0.2) is 9.18 Å². The van der Waals surface area contributed by atoms with Gasteiger partial charge in [0.25, 0.3) is 11.8 Å². The minimum Gasteiger partial charge on any atom is -0.322 e. The van der Waals surface area contributed by atoms with Crippen molar-refractivity contribution >= 4 is 17.8 Å². The van der Waals surface area contributed by atoms with Gasteiger partial charge in [0.05, 0.1) is 6.54 Å². The van der Waals surface area contributed by atoms with E-state index in [1.54, 1.807) is 12.1 Å². The number of carbonyl (C=O) groups is 3. The zero-order valence-electron chi connectivity index (χ0n) is 17.1. The smallest absolute Gasteiger partial charge is 0.322 e. The van der Waals surface area contributed by atoms with Gasteiger partial charge in [-0.2, -0.15) is 5.01 Å². The van der Waals surface area contributed by atoms with Crippen LogP contribution in [0.15, 0.2) is 24.3 Å². The first kappa shape index (κ1) is 21.2. The Kier molecular flexibility index (Phi) is 6.21. The maximum absolute atomic E-state index is 13.2. The summed E-state index contributed by atoms with van der Waals surface area (Å²) in [5.41, 5.74) is 2.40. The van der Waals surface area contributed by atoms with Crippen LogP contribution in [0.4, 0.5) is 9.18 Å². The summed E-state index contributed by atoms with van der Waals surface area (Å²) in [5.74, 6) is -0.516. The van der Waals surface area contributed by atoms with Gasteiger partial charge in [0.2, 0.25) is 0 Å². The molecule has 3 N–H and O–H groups in total. The van der Waals surface area contributed by atoms with Crippen molar-refractivity contribution in [3.63, 3.8) is 0 Å². The van der Waals surface area contributed by atoms with E-state index in [-0.39, 0.29) is 30.2 Å². The van der Waals surface area contributed by atoms with Crippen molar-refractivity contribution in [3.05, 3.63) is 35.6 Å². The number of imide groups is 1. The number of hydrogen-bond donors (Lipinski definition) is 3. The van der Waals surface area contributed by atoms with E-state index in [9.17, 15) is 18.8 Å². The van der Waals surface area contributed by atoms with Crippen LogP contribution < -0.4 is 16.1 Å². The molecular formula is C21H29FN4O3. The summed E-state index contributed by atoms with van der Waals surface area (Å²) in [6, 6.07) is 5.35. The SMILES string of the molecule is CC1CCC2(CC1)NC(=O)N(NC(=O)CNC(c1ccc(F)cc1)C(C)C)C2=O. The number of hydrazine groups is 1. The van der Waals surface area contributed by atoms with Crippen molar-refractivity contribution in [2.75, 3.05) is 6.54 Å². The molecule has 3 rings (SSSR count). The highest BCUT2D eigenvalue weighted by Gasteiger charge is 2.52. The Morgan fingerprint density at radius 2 is 1.86 bits per heavy atom. The summed E-state index contributed by atoms with van der Waals surface area (Å²) < 4.78 is 13.2. The van der Waals surface area contributed by atoms with Crippen LogP contribution in [0.25, 0.3) is 0 Å². The van der Waals surface area contributed by atoms with E-state index >= 15 is 0 Å². The van der Waals surface area contributed by atoms with Crippen molar-refractivity contribution in [3.8, 4) is 0 Å². The molecule has 1 spiro atoms. The van der Waals surface area contributed by atoms with Gasteiger partial charge < -0.3 is 10.6 Å². The Morgan fingerprint density at radius 1 is 1.24 bits per heavy atom. The van der Waals surface area contributed by atoms with Crippen molar-refractivity contribution in [2.45, 2.75) is 58.0 Å². The summed E-state index contributed by atoms with van der Waals surface area (Å²) >= 11 is 0. The Hall–Kier alpha value is -2.48. The molecule has 8 heteroatoms. The lowest BCUT2D eigenvalue weighted by Crippen LogP contribution is -2.52. The molecular weight excluding hydrogens is 375 g/mol. The highest BCUT2D eigenvalue weighted by atomic mass is 19.1. The highest BCUT2D eigenvalue weighted by molar-refractivity contribution is 6.08. The molecule has 1 saturated heterocycles. The Labute approximate surface area is 170 Å². The minimum atomic E-state index is -0.890. The van der Waals surface area contributed by atoms with Crippen molar-refractivity contribution in [1.82, 2.24) is 21.1 Å². The molecule has 0 bridgehead atoms. The number of urea groups is 1. The summed E-state index contributed by atoms with van der Waals surface area (Å²) in [6.07, 6.45) is 2.90. The molecule has 2 aliphatic rings. The molecule has 1 aromatic rings. The predicted molar refractivity (Wildman–Crippen MR) is 106 cm³/mol. The first-order valence-electron chi connectivity index (χ1n) is 10.2. The second-order valence-electron chi connectivity index (χ2n) is 8.52. The van der Waals surface area contributed by atoms with Crippen LogP contribution in [0.2, 0.25) is 0 Å². The fourth-order valence-corrected chi connectivity index (χ4v) is 4.09. The zero-order valence-corrected chi connectivity index (χ0v) is 17.1. The van der Waals surface area contributed by atoms with E-state index in [0.717, 1.165) is 23.4 Å². The van der Waals surface area contributed by atoms with Gasteiger partial charge in [0.15, 0.2) is 0 Å². The Bertz CT molecular complexity index is 773. The van der Waals surface area contributed by atoms with Gasteiger partial charge in [0.1, 0.15) is 11.4 Å². The molecule has 1 aliphatic carbocycles. The van der Waals surface area contributed by atoms with E-state index in [4.69, 9.17) is 0 Å². The monoisotopic (exact) mass is 404 g/mol. The number of nitrogens with zero attached hydrogens (tertiary/aromatic N) is 1. The van der Waals surface area contributed by atoms with Gasteiger partial charge >= 0.3 is 6.03 Å². The third-order valence-corrected chi connectivity index (χ3v) is 5.90. The number of rotatable bonds is 6. The standard InChI is InChI=1S/C21H29FN4O3/c1-13(2)18(15-4-6-16(22)7-5-15)23-12-17(27)25-26-19(28)21(24-20(26)29)10-8-14(3)9-11-21/h4-7,13-14,18,23H,8-12H2,1-3H3,(H,24,29)(H,25,27). The molecule has 4 amide bonds. The van der Waals surface area contributed by atoms with E-state index in [0.29, 0.717) is 18.8 Å².